The molecular weight excluding hydrogens is 242 g/mol. The fourth-order valence-electron chi connectivity index (χ4n) is 1.87. The van der Waals surface area contributed by atoms with Gasteiger partial charge in [0.15, 0.2) is 5.12 Å². The second-order valence-electron chi connectivity index (χ2n) is 4.21. The molecule has 2 atom stereocenters. The lowest BCUT2D eigenvalue weighted by atomic mass is 10.1. The number of carboxylic acids is 1. The number of carbonyl (C=O) groups excluding carboxylic acids is 3. The van der Waals surface area contributed by atoms with E-state index in [-0.39, 0.29) is 16.9 Å². The topological polar surface area (TPSA) is 77.5 Å². The Balaban J connectivity index is 2.56. The first-order valence-electron chi connectivity index (χ1n) is 5.58. The predicted octanol–water partition coefficient (Wildman–Crippen LogP) is -0.357. The van der Waals surface area contributed by atoms with Gasteiger partial charge in [-0.25, -0.2) is 0 Å². The number of rotatable bonds is 4. The van der Waals surface area contributed by atoms with Crippen LogP contribution in [-0.4, -0.2) is 40.2 Å². The molecule has 0 bridgehead atoms. The molecule has 1 heterocycles. The summed E-state index contributed by atoms with van der Waals surface area (Å²) in [6.07, 6.45) is 1.15. The lowest BCUT2D eigenvalue weighted by molar-refractivity contribution is -0.310. The molecule has 1 saturated heterocycles. The van der Waals surface area contributed by atoms with Gasteiger partial charge in [0, 0.05) is 25.1 Å². The van der Waals surface area contributed by atoms with Crippen molar-refractivity contribution in [3.05, 3.63) is 0 Å². The summed E-state index contributed by atoms with van der Waals surface area (Å²) in [6, 6.07) is -0.799. The minimum absolute atomic E-state index is 0.0393. The molecule has 1 aliphatic heterocycles. The molecular formula is C11H16NO4S-. The summed E-state index contributed by atoms with van der Waals surface area (Å²) in [7, 11) is 0. The first-order chi connectivity index (χ1) is 7.93. The Morgan fingerprint density at radius 3 is 2.65 bits per heavy atom. The number of carboxylic acid groups (broad SMARTS) is 1. The maximum atomic E-state index is 12.0. The van der Waals surface area contributed by atoms with Crippen molar-refractivity contribution < 1.29 is 19.5 Å². The fourth-order valence-corrected chi connectivity index (χ4v) is 2.50. The molecule has 96 valence electrons. The van der Waals surface area contributed by atoms with Crippen LogP contribution in [0.2, 0.25) is 0 Å². The van der Waals surface area contributed by atoms with E-state index in [9.17, 15) is 19.5 Å². The fraction of sp³-hybridized carbons (Fsp3) is 0.727. The zero-order chi connectivity index (χ0) is 13.0. The van der Waals surface area contributed by atoms with Crippen molar-refractivity contribution >= 4 is 28.8 Å². The molecule has 6 heteroatoms. The smallest absolute Gasteiger partial charge is 0.226 e. The standard InChI is InChI=1S/C11H17NO4S/c1-7(6-17-8(2)13)10(14)12-5-3-4-9(12)11(15)16/h7,9H,3-6H2,1-2H3,(H,15,16)/p-1/t7-,9-/m1/s1. The monoisotopic (exact) mass is 258 g/mol. The molecule has 0 aromatic rings. The van der Waals surface area contributed by atoms with Crippen LogP contribution in [0.3, 0.4) is 0 Å². The lowest BCUT2D eigenvalue weighted by Crippen LogP contribution is -2.48. The van der Waals surface area contributed by atoms with Crippen molar-refractivity contribution in [2.24, 2.45) is 5.92 Å². The van der Waals surface area contributed by atoms with Crippen LogP contribution in [0, 0.1) is 5.92 Å². The van der Waals surface area contributed by atoms with Crippen molar-refractivity contribution in [1.82, 2.24) is 4.90 Å². The van der Waals surface area contributed by atoms with Crippen molar-refractivity contribution in [3.8, 4) is 0 Å². The minimum atomic E-state index is -1.19. The van der Waals surface area contributed by atoms with E-state index in [1.54, 1.807) is 6.92 Å². The Labute approximate surface area is 105 Å². The molecule has 1 aliphatic rings. The van der Waals surface area contributed by atoms with E-state index in [1.807, 2.05) is 0 Å². The number of nitrogens with zero attached hydrogens (tertiary/aromatic N) is 1. The van der Waals surface area contributed by atoms with Gasteiger partial charge in [-0.1, -0.05) is 18.7 Å². The molecule has 1 rings (SSSR count). The molecule has 0 radical (unpaired) electrons. The number of thioether (sulfide) groups is 1. The number of amides is 1. The Morgan fingerprint density at radius 2 is 2.12 bits per heavy atom. The van der Waals surface area contributed by atoms with Crippen molar-refractivity contribution in [2.75, 3.05) is 12.3 Å². The van der Waals surface area contributed by atoms with E-state index < -0.39 is 12.0 Å². The first-order valence-corrected chi connectivity index (χ1v) is 6.56. The second-order valence-corrected chi connectivity index (χ2v) is 5.41. The highest BCUT2D eigenvalue weighted by Gasteiger charge is 2.32. The second kappa shape index (κ2) is 6.05. The van der Waals surface area contributed by atoms with Crippen LogP contribution < -0.4 is 5.11 Å². The highest BCUT2D eigenvalue weighted by molar-refractivity contribution is 8.13. The van der Waals surface area contributed by atoms with Crippen molar-refractivity contribution in [3.63, 3.8) is 0 Å². The van der Waals surface area contributed by atoms with Gasteiger partial charge in [-0.2, -0.15) is 0 Å². The molecule has 0 aromatic heterocycles. The van der Waals surface area contributed by atoms with Crippen molar-refractivity contribution in [2.45, 2.75) is 32.7 Å². The van der Waals surface area contributed by atoms with Gasteiger partial charge in [0.2, 0.25) is 5.91 Å². The molecule has 0 unspecified atom stereocenters. The highest BCUT2D eigenvalue weighted by atomic mass is 32.2. The van der Waals surface area contributed by atoms with Crippen molar-refractivity contribution in [1.29, 1.82) is 0 Å². The normalized spacial score (nSPS) is 21.3. The average molecular weight is 258 g/mol. The summed E-state index contributed by atoms with van der Waals surface area (Å²) in [5.41, 5.74) is 0. The summed E-state index contributed by atoms with van der Waals surface area (Å²) in [6.45, 7) is 3.62. The molecule has 0 aliphatic carbocycles. The summed E-state index contributed by atoms with van der Waals surface area (Å²) in [5.74, 6) is -1.35. The largest absolute Gasteiger partial charge is 0.548 e. The molecule has 0 aromatic carbocycles. The third kappa shape index (κ3) is 3.73. The van der Waals surface area contributed by atoms with E-state index in [0.717, 1.165) is 11.8 Å². The van der Waals surface area contributed by atoms with Gasteiger partial charge in [0.1, 0.15) is 0 Å². The van der Waals surface area contributed by atoms with E-state index in [2.05, 4.69) is 0 Å². The Hall–Kier alpha value is -1.04. The Bertz CT molecular complexity index is 331. The summed E-state index contributed by atoms with van der Waals surface area (Å²) in [5, 5.41) is 10.8. The molecule has 0 saturated carbocycles. The molecule has 17 heavy (non-hydrogen) atoms. The van der Waals surface area contributed by atoms with E-state index in [1.165, 1.54) is 11.8 Å². The van der Waals surface area contributed by atoms with Crippen LogP contribution in [0.1, 0.15) is 26.7 Å². The van der Waals surface area contributed by atoms with Gasteiger partial charge in [0.05, 0.1) is 12.0 Å². The SMILES string of the molecule is CC(=O)SC[C@@H](C)C(=O)N1CCC[C@@H]1C(=O)[O-]. The Morgan fingerprint density at radius 1 is 1.47 bits per heavy atom. The third-order valence-electron chi connectivity index (χ3n) is 2.77. The van der Waals surface area contributed by atoms with Crippen LogP contribution in [0.25, 0.3) is 0 Å². The van der Waals surface area contributed by atoms with Gasteiger partial charge < -0.3 is 14.8 Å². The van der Waals surface area contributed by atoms with Crippen LogP contribution in [0.5, 0.6) is 0 Å². The van der Waals surface area contributed by atoms with Gasteiger partial charge in [-0.15, -0.1) is 0 Å². The maximum Gasteiger partial charge on any atom is 0.226 e. The first kappa shape index (κ1) is 14.0. The molecule has 5 nitrogen and oxygen atoms in total. The number of likely N-dealkylation sites (tertiary alicyclic amines) is 1. The molecule has 1 fully saturated rings. The van der Waals surface area contributed by atoms with Gasteiger partial charge in [-0.05, 0) is 12.8 Å². The zero-order valence-electron chi connectivity index (χ0n) is 9.97. The average Bonchev–Trinajstić information content (AvgIpc) is 2.73. The van der Waals surface area contributed by atoms with Gasteiger partial charge in [-0.3, -0.25) is 9.59 Å². The maximum absolute atomic E-state index is 12.0. The van der Waals surface area contributed by atoms with E-state index >= 15 is 0 Å². The van der Waals surface area contributed by atoms with E-state index in [4.69, 9.17) is 0 Å². The van der Waals surface area contributed by atoms with Crippen LogP contribution in [-0.2, 0) is 14.4 Å². The summed E-state index contributed by atoms with van der Waals surface area (Å²) in [4.78, 5) is 35.0. The van der Waals surface area contributed by atoms with Gasteiger partial charge >= 0.3 is 0 Å². The lowest BCUT2D eigenvalue weighted by Gasteiger charge is -2.27. The summed E-state index contributed by atoms with van der Waals surface area (Å²) >= 11 is 1.09. The quantitative estimate of drug-likeness (QED) is 0.688. The minimum Gasteiger partial charge on any atom is -0.548 e. The molecule has 1 amide bonds. The Kier molecular flexibility index (Phi) is 4.99. The molecule has 0 N–H and O–H groups in total. The van der Waals surface area contributed by atoms with Crippen LogP contribution in [0.4, 0.5) is 0 Å². The van der Waals surface area contributed by atoms with E-state index in [0.29, 0.717) is 25.1 Å². The zero-order valence-corrected chi connectivity index (χ0v) is 10.8. The van der Waals surface area contributed by atoms with Crippen LogP contribution >= 0.6 is 11.8 Å². The highest BCUT2D eigenvalue weighted by Crippen LogP contribution is 2.21. The summed E-state index contributed by atoms with van der Waals surface area (Å²) < 4.78 is 0. The number of hydrogen-bond acceptors (Lipinski definition) is 5. The number of carbonyl (C=O) groups is 3. The number of aliphatic carboxylic acids is 1. The number of hydrogen-bond donors (Lipinski definition) is 0. The van der Waals surface area contributed by atoms with Crippen LogP contribution in [0.15, 0.2) is 0 Å². The van der Waals surface area contributed by atoms with Gasteiger partial charge in [0.25, 0.3) is 0 Å². The third-order valence-corrected chi connectivity index (χ3v) is 3.84. The predicted molar refractivity (Wildman–Crippen MR) is 62.0 cm³/mol. The molecule has 0 spiro atoms.